The fraction of sp³-hybridized carbons (Fsp3) is 0.368. The summed E-state index contributed by atoms with van der Waals surface area (Å²) in [5.41, 5.74) is 0.146. The number of hydrogen-bond acceptors (Lipinski definition) is 6. The van der Waals surface area contributed by atoms with Crippen molar-refractivity contribution in [1.82, 2.24) is 24.8 Å². The van der Waals surface area contributed by atoms with Crippen molar-refractivity contribution in [1.29, 1.82) is 0 Å². The Bertz CT molecular complexity index is 1050. The van der Waals surface area contributed by atoms with E-state index in [0.717, 1.165) is 12.1 Å². The second kappa shape index (κ2) is 7.90. The number of carbonyl (C=O) groups excluding carboxylic acids is 1. The Morgan fingerprint density at radius 3 is 2.90 bits per heavy atom. The standard InChI is InChI=1S/C19H18F3N5O3/c1-26-10-13(9-23-26)18(28)27-5-6-29-15(11-27)17-24-16(25-30-17)8-12-3-2-4-14(7-12)19(20,21)22/h2-4,7,9-10,15H,5-6,8,11H2,1H3. The second-order valence-corrected chi connectivity index (χ2v) is 6.94. The van der Waals surface area contributed by atoms with Crippen LogP contribution in [-0.2, 0) is 24.4 Å². The molecule has 158 valence electrons. The third-order valence-corrected chi connectivity index (χ3v) is 4.68. The Hall–Kier alpha value is -3.21. The molecular formula is C19H18F3N5O3. The van der Waals surface area contributed by atoms with Gasteiger partial charge in [0.1, 0.15) is 0 Å². The second-order valence-electron chi connectivity index (χ2n) is 6.94. The third kappa shape index (κ3) is 4.35. The van der Waals surface area contributed by atoms with Crippen LogP contribution in [0.3, 0.4) is 0 Å². The smallest absolute Gasteiger partial charge is 0.365 e. The molecule has 1 aliphatic rings. The summed E-state index contributed by atoms with van der Waals surface area (Å²) in [6, 6.07) is 4.97. The van der Waals surface area contributed by atoms with Gasteiger partial charge in [-0.1, -0.05) is 23.4 Å². The van der Waals surface area contributed by atoms with Crippen LogP contribution in [0.2, 0.25) is 0 Å². The Balaban J connectivity index is 1.44. The SMILES string of the molecule is Cn1cc(C(=O)N2CCOC(c3nc(Cc4cccc(C(F)(F)F)c4)no3)C2)cn1. The number of halogens is 3. The zero-order chi connectivity index (χ0) is 21.3. The van der Waals surface area contributed by atoms with Gasteiger partial charge in [0.2, 0.25) is 0 Å². The quantitative estimate of drug-likeness (QED) is 0.644. The van der Waals surface area contributed by atoms with Crippen molar-refractivity contribution < 1.29 is 27.2 Å². The summed E-state index contributed by atoms with van der Waals surface area (Å²) in [5.74, 6) is 0.240. The molecule has 1 unspecified atom stereocenters. The van der Waals surface area contributed by atoms with Gasteiger partial charge in [-0.2, -0.15) is 23.3 Å². The molecule has 3 aromatic rings. The maximum absolute atomic E-state index is 12.9. The molecular weight excluding hydrogens is 403 g/mol. The normalized spacial score (nSPS) is 17.3. The summed E-state index contributed by atoms with van der Waals surface area (Å²) >= 11 is 0. The molecule has 0 N–H and O–H groups in total. The first-order valence-corrected chi connectivity index (χ1v) is 9.18. The highest BCUT2D eigenvalue weighted by Crippen LogP contribution is 2.30. The zero-order valence-electron chi connectivity index (χ0n) is 16.0. The number of carbonyl (C=O) groups is 1. The fourth-order valence-corrected chi connectivity index (χ4v) is 3.21. The fourth-order valence-electron chi connectivity index (χ4n) is 3.21. The van der Waals surface area contributed by atoms with E-state index in [1.54, 1.807) is 28.9 Å². The van der Waals surface area contributed by atoms with Crippen molar-refractivity contribution in [3.63, 3.8) is 0 Å². The molecule has 1 saturated heterocycles. The van der Waals surface area contributed by atoms with Gasteiger partial charge in [-0.25, -0.2) is 0 Å². The van der Waals surface area contributed by atoms with Crippen LogP contribution in [0, 0.1) is 0 Å². The first-order chi connectivity index (χ1) is 14.3. The van der Waals surface area contributed by atoms with Crippen molar-refractivity contribution in [2.45, 2.75) is 18.7 Å². The van der Waals surface area contributed by atoms with Crippen LogP contribution in [0.4, 0.5) is 13.2 Å². The van der Waals surface area contributed by atoms with Crippen LogP contribution in [0.5, 0.6) is 0 Å². The Kier molecular flexibility index (Phi) is 5.29. The van der Waals surface area contributed by atoms with Crippen molar-refractivity contribution in [2.75, 3.05) is 19.7 Å². The van der Waals surface area contributed by atoms with Crippen molar-refractivity contribution in [3.05, 3.63) is 65.1 Å². The molecule has 0 bridgehead atoms. The van der Waals surface area contributed by atoms with E-state index in [9.17, 15) is 18.0 Å². The van der Waals surface area contributed by atoms with Gasteiger partial charge in [0.25, 0.3) is 11.8 Å². The molecule has 0 spiro atoms. The van der Waals surface area contributed by atoms with Gasteiger partial charge in [0.05, 0.1) is 30.5 Å². The average Bonchev–Trinajstić information content (AvgIpc) is 3.36. The first-order valence-electron chi connectivity index (χ1n) is 9.18. The highest BCUT2D eigenvalue weighted by Gasteiger charge is 2.31. The van der Waals surface area contributed by atoms with Crippen molar-refractivity contribution >= 4 is 5.91 Å². The lowest BCUT2D eigenvalue weighted by molar-refractivity contribution is -0.137. The van der Waals surface area contributed by atoms with E-state index in [1.165, 1.54) is 12.3 Å². The lowest BCUT2D eigenvalue weighted by Crippen LogP contribution is -2.42. The minimum absolute atomic E-state index is 0.0818. The largest absolute Gasteiger partial charge is 0.416 e. The molecule has 1 fully saturated rings. The molecule has 8 nitrogen and oxygen atoms in total. The molecule has 1 aromatic carbocycles. The zero-order valence-corrected chi connectivity index (χ0v) is 16.0. The van der Waals surface area contributed by atoms with Gasteiger partial charge in [-0.15, -0.1) is 0 Å². The van der Waals surface area contributed by atoms with Crippen molar-refractivity contribution in [3.8, 4) is 0 Å². The Morgan fingerprint density at radius 1 is 1.33 bits per heavy atom. The molecule has 2 aromatic heterocycles. The Morgan fingerprint density at radius 2 is 2.17 bits per heavy atom. The van der Waals surface area contributed by atoms with E-state index < -0.39 is 17.8 Å². The topological polar surface area (TPSA) is 86.3 Å². The molecule has 1 aliphatic heterocycles. The highest BCUT2D eigenvalue weighted by atomic mass is 19.4. The summed E-state index contributed by atoms with van der Waals surface area (Å²) in [6.45, 7) is 0.927. The predicted octanol–water partition coefficient (Wildman–Crippen LogP) is 2.63. The number of aryl methyl sites for hydroxylation is 1. The van der Waals surface area contributed by atoms with E-state index in [1.807, 2.05) is 0 Å². The third-order valence-electron chi connectivity index (χ3n) is 4.68. The summed E-state index contributed by atoms with van der Waals surface area (Å²) in [6.07, 6.45) is -1.82. The van der Waals surface area contributed by atoms with Crippen LogP contribution in [-0.4, -0.2) is 50.4 Å². The number of aromatic nitrogens is 4. The number of rotatable bonds is 4. The molecule has 1 atom stereocenters. The average molecular weight is 421 g/mol. The van der Waals surface area contributed by atoms with Gasteiger partial charge in [-0.05, 0) is 11.6 Å². The van der Waals surface area contributed by atoms with Gasteiger partial charge in [-0.3, -0.25) is 9.48 Å². The van der Waals surface area contributed by atoms with E-state index >= 15 is 0 Å². The van der Waals surface area contributed by atoms with Gasteiger partial charge >= 0.3 is 6.18 Å². The van der Waals surface area contributed by atoms with E-state index in [2.05, 4.69) is 15.2 Å². The molecule has 4 rings (SSSR count). The van der Waals surface area contributed by atoms with Gasteiger partial charge < -0.3 is 14.2 Å². The molecule has 0 aliphatic carbocycles. The molecule has 3 heterocycles. The molecule has 11 heteroatoms. The predicted molar refractivity (Wildman–Crippen MR) is 96.4 cm³/mol. The van der Waals surface area contributed by atoms with E-state index in [0.29, 0.717) is 24.3 Å². The number of ether oxygens (including phenoxy) is 1. The van der Waals surface area contributed by atoms with E-state index in [4.69, 9.17) is 9.26 Å². The van der Waals surface area contributed by atoms with E-state index in [-0.39, 0.29) is 30.6 Å². The number of hydrogen-bond donors (Lipinski definition) is 0. The maximum atomic E-state index is 12.9. The highest BCUT2D eigenvalue weighted by molar-refractivity contribution is 5.93. The number of benzene rings is 1. The number of nitrogens with zero attached hydrogens (tertiary/aromatic N) is 5. The number of alkyl halides is 3. The minimum atomic E-state index is -4.42. The minimum Gasteiger partial charge on any atom is -0.365 e. The summed E-state index contributed by atoms with van der Waals surface area (Å²) in [7, 11) is 1.73. The molecule has 0 radical (unpaired) electrons. The van der Waals surface area contributed by atoms with Crippen LogP contribution >= 0.6 is 0 Å². The van der Waals surface area contributed by atoms with Crippen LogP contribution in [0.25, 0.3) is 0 Å². The lowest BCUT2D eigenvalue weighted by atomic mass is 10.1. The summed E-state index contributed by atoms with van der Waals surface area (Å²) in [5, 5.41) is 7.85. The summed E-state index contributed by atoms with van der Waals surface area (Å²) < 4.78 is 51.1. The van der Waals surface area contributed by atoms with Gasteiger partial charge in [0, 0.05) is 26.2 Å². The molecule has 0 saturated carbocycles. The lowest BCUT2D eigenvalue weighted by Gasteiger charge is -2.30. The number of morpholine rings is 1. The maximum Gasteiger partial charge on any atom is 0.416 e. The van der Waals surface area contributed by atoms with Crippen LogP contribution < -0.4 is 0 Å². The van der Waals surface area contributed by atoms with Gasteiger partial charge in [0.15, 0.2) is 11.9 Å². The van der Waals surface area contributed by atoms with Crippen molar-refractivity contribution in [2.24, 2.45) is 7.05 Å². The monoisotopic (exact) mass is 421 g/mol. The number of amides is 1. The Labute approximate surface area is 169 Å². The van der Waals surface area contributed by atoms with Crippen LogP contribution in [0.15, 0.2) is 41.2 Å². The molecule has 30 heavy (non-hydrogen) atoms. The summed E-state index contributed by atoms with van der Waals surface area (Å²) in [4.78, 5) is 18.5. The van der Waals surface area contributed by atoms with Crippen LogP contribution in [0.1, 0.15) is 39.3 Å². The molecule has 1 amide bonds. The first kappa shape index (κ1) is 20.1.